The molecule has 4 rings (SSSR count). The van der Waals surface area contributed by atoms with Crippen LogP contribution in [0.3, 0.4) is 0 Å². The Morgan fingerprint density at radius 2 is 1.82 bits per heavy atom. The first kappa shape index (κ1) is 17.5. The Hall–Kier alpha value is -3.93. The van der Waals surface area contributed by atoms with Crippen LogP contribution in [-0.4, -0.2) is 21.3 Å². The molecule has 0 aliphatic rings. The number of ether oxygens (including phenoxy) is 1. The summed E-state index contributed by atoms with van der Waals surface area (Å²) in [5, 5.41) is 2.82. The smallest absolute Gasteiger partial charge is 0.363 e. The highest BCUT2D eigenvalue weighted by Gasteiger charge is 2.13. The summed E-state index contributed by atoms with van der Waals surface area (Å²) in [6, 6.07) is 19.5. The first-order valence-electron chi connectivity index (χ1n) is 8.72. The number of carbonyl (C=O) groups excluding carboxylic acids is 2. The molecule has 2 aromatic heterocycles. The van der Waals surface area contributed by atoms with Crippen LogP contribution in [0.15, 0.2) is 79.1 Å². The highest BCUT2D eigenvalue weighted by Crippen LogP contribution is 2.18. The number of aromatic nitrogens is 2. The number of esters is 1. The Labute approximate surface area is 161 Å². The number of benzene rings is 2. The number of aryl methyl sites for hydroxylation is 1. The molecule has 0 saturated carbocycles. The topological polar surface area (TPSA) is 72.7 Å². The molecule has 0 spiro atoms. The van der Waals surface area contributed by atoms with E-state index in [0.717, 1.165) is 5.56 Å². The van der Waals surface area contributed by atoms with Crippen molar-refractivity contribution in [1.82, 2.24) is 9.38 Å². The van der Waals surface area contributed by atoms with Gasteiger partial charge in [-0.3, -0.25) is 4.79 Å². The number of nitrogens with one attached hydrogen (secondary N) is 1. The van der Waals surface area contributed by atoms with E-state index in [4.69, 9.17) is 4.74 Å². The lowest BCUT2D eigenvalue weighted by molar-refractivity contribution is 0.0729. The number of anilines is 1. The zero-order valence-corrected chi connectivity index (χ0v) is 15.1. The second-order valence-electron chi connectivity index (χ2n) is 6.33. The number of hydrogen-bond donors (Lipinski definition) is 1. The van der Waals surface area contributed by atoms with E-state index in [9.17, 15) is 9.59 Å². The van der Waals surface area contributed by atoms with Crippen molar-refractivity contribution >= 4 is 23.2 Å². The van der Waals surface area contributed by atoms with Gasteiger partial charge in [0.1, 0.15) is 11.4 Å². The molecule has 0 atom stereocenters. The van der Waals surface area contributed by atoms with Crippen LogP contribution in [0.25, 0.3) is 5.65 Å². The molecule has 0 radical (unpaired) electrons. The molecular formula is C22H17N3O3. The summed E-state index contributed by atoms with van der Waals surface area (Å²) in [6.07, 6.45) is 3.43. The van der Waals surface area contributed by atoms with Gasteiger partial charge in [0.2, 0.25) is 0 Å². The van der Waals surface area contributed by atoms with E-state index >= 15 is 0 Å². The molecule has 0 bridgehead atoms. The number of rotatable bonds is 4. The van der Waals surface area contributed by atoms with Crippen molar-refractivity contribution in [3.8, 4) is 5.75 Å². The quantitative estimate of drug-likeness (QED) is 0.433. The first-order chi connectivity index (χ1) is 13.6. The van der Waals surface area contributed by atoms with E-state index in [0.29, 0.717) is 22.6 Å². The Morgan fingerprint density at radius 1 is 1.00 bits per heavy atom. The van der Waals surface area contributed by atoms with E-state index in [1.807, 2.05) is 49.5 Å². The molecule has 0 unspecified atom stereocenters. The third-order valence-electron chi connectivity index (χ3n) is 4.18. The van der Waals surface area contributed by atoms with Crippen molar-refractivity contribution in [2.75, 3.05) is 5.32 Å². The van der Waals surface area contributed by atoms with Crippen molar-refractivity contribution in [3.63, 3.8) is 0 Å². The lowest BCUT2D eigenvalue weighted by Crippen LogP contribution is -2.12. The average molecular weight is 371 g/mol. The molecule has 4 aromatic rings. The number of hydrogen-bond acceptors (Lipinski definition) is 4. The van der Waals surface area contributed by atoms with E-state index < -0.39 is 5.97 Å². The molecule has 6 heteroatoms. The van der Waals surface area contributed by atoms with Crippen LogP contribution in [0.2, 0.25) is 0 Å². The van der Waals surface area contributed by atoms with E-state index in [1.54, 1.807) is 40.9 Å². The number of amides is 1. The third kappa shape index (κ3) is 3.76. The number of fused-ring (bicyclic) bond motifs is 1. The van der Waals surface area contributed by atoms with Gasteiger partial charge in [-0.2, -0.15) is 0 Å². The Bertz CT molecular complexity index is 1130. The van der Waals surface area contributed by atoms with E-state index in [1.165, 1.54) is 0 Å². The van der Waals surface area contributed by atoms with Gasteiger partial charge >= 0.3 is 5.97 Å². The molecular weight excluding hydrogens is 354 g/mol. The highest BCUT2D eigenvalue weighted by molar-refractivity contribution is 6.04. The minimum atomic E-state index is -0.541. The standard InChI is InChI=1S/C22H17N3O3/c1-15-5-4-6-16(13-15)21(26)23-17-8-10-18(11-9-17)28-22(27)19-14-25-12-3-2-7-20(25)24-19/h2-14H,1H3,(H,23,26). The van der Waals surface area contributed by atoms with Crippen molar-refractivity contribution in [2.24, 2.45) is 0 Å². The normalized spacial score (nSPS) is 10.6. The zero-order chi connectivity index (χ0) is 19.5. The number of pyridine rings is 1. The predicted molar refractivity (Wildman–Crippen MR) is 106 cm³/mol. The fourth-order valence-corrected chi connectivity index (χ4v) is 2.79. The van der Waals surface area contributed by atoms with Gasteiger partial charge in [-0.15, -0.1) is 0 Å². The first-order valence-corrected chi connectivity index (χ1v) is 8.72. The largest absolute Gasteiger partial charge is 0.422 e. The van der Waals surface area contributed by atoms with Crippen molar-refractivity contribution < 1.29 is 14.3 Å². The summed E-state index contributed by atoms with van der Waals surface area (Å²) >= 11 is 0. The predicted octanol–water partition coefficient (Wildman–Crippen LogP) is 4.11. The fourth-order valence-electron chi connectivity index (χ4n) is 2.79. The van der Waals surface area contributed by atoms with Crippen LogP contribution in [0, 0.1) is 6.92 Å². The van der Waals surface area contributed by atoms with Gasteiger partial charge in [-0.1, -0.05) is 23.8 Å². The summed E-state index contributed by atoms with van der Waals surface area (Å²) in [5.74, 6) is -0.367. The van der Waals surface area contributed by atoms with Gasteiger partial charge in [-0.25, -0.2) is 9.78 Å². The lowest BCUT2D eigenvalue weighted by atomic mass is 10.1. The second kappa shape index (κ2) is 7.36. The third-order valence-corrected chi connectivity index (χ3v) is 4.18. The van der Waals surface area contributed by atoms with Crippen LogP contribution in [0.1, 0.15) is 26.4 Å². The minimum Gasteiger partial charge on any atom is -0.422 e. The SMILES string of the molecule is Cc1cccc(C(=O)Nc2ccc(OC(=O)c3cn4ccccc4n3)cc2)c1. The average Bonchev–Trinajstić information content (AvgIpc) is 3.14. The molecule has 138 valence electrons. The molecule has 1 amide bonds. The molecule has 6 nitrogen and oxygen atoms in total. The number of carbonyl (C=O) groups is 2. The maximum absolute atomic E-state index is 12.3. The van der Waals surface area contributed by atoms with Crippen molar-refractivity contribution in [1.29, 1.82) is 0 Å². The van der Waals surface area contributed by atoms with Gasteiger partial charge in [0.25, 0.3) is 5.91 Å². The van der Waals surface area contributed by atoms with Gasteiger partial charge < -0.3 is 14.5 Å². The Balaban J connectivity index is 1.42. The maximum Gasteiger partial charge on any atom is 0.363 e. The van der Waals surface area contributed by atoms with Crippen LogP contribution in [0.5, 0.6) is 5.75 Å². The fraction of sp³-hybridized carbons (Fsp3) is 0.0455. The van der Waals surface area contributed by atoms with Crippen LogP contribution in [0.4, 0.5) is 5.69 Å². The van der Waals surface area contributed by atoms with Crippen LogP contribution >= 0.6 is 0 Å². The summed E-state index contributed by atoms with van der Waals surface area (Å²) in [4.78, 5) is 28.8. The summed E-state index contributed by atoms with van der Waals surface area (Å²) in [7, 11) is 0. The molecule has 0 saturated heterocycles. The second-order valence-corrected chi connectivity index (χ2v) is 6.33. The van der Waals surface area contributed by atoms with Gasteiger partial charge in [0.15, 0.2) is 5.69 Å². The van der Waals surface area contributed by atoms with E-state index in [-0.39, 0.29) is 11.6 Å². The van der Waals surface area contributed by atoms with E-state index in [2.05, 4.69) is 10.3 Å². The molecule has 28 heavy (non-hydrogen) atoms. The van der Waals surface area contributed by atoms with Gasteiger partial charge in [0.05, 0.1) is 0 Å². The molecule has 0 aliphatic heterocycles. The molecule has 1 N–H and O–H groups in total. The number of nitrogens with zero attached hydrogens (tertiary/aromatic N) is 2. The summed E-state index contributed by atoms with van der Waals surface area (Å²) in [6.45, 7) is 1.93. The Morgan fingerprint density at radius 3 is 2.57 bits per heavy atom. The molecule has 0 fully saturated rings. The highest BCUT2D eigenvalue weighted by atomic mass is 16.5. The molecule has 2 aromatic carbocycles. The number of imidazole rings is 1. The van der Waals surface area contributed by atoms with Crippen molar-refractivity contribution in [2.45, 2.75) is 6.92 Å². The maximum atomic E-state index is 12.3. The summed E-state index contributed by atoms with van der Waals surface area (Å²) < 4.78 is 7.11. The lowest BCUT2D eigenvalue weighted by Gasteiger charge is -2.07. The van der Waals surface area contributed by atoms with Crippen LogP contribution < -0.4 is 10.1 Å². The van der Waals surface area contributed by atoms with Crippen molar-refractivity contribution in [3.05, 3.63) is 95.9 Å². The van der Waals surface area contributed by atoms with Crippen LogP contribution in [-0.2, 0) is 0 Å². The minimum absolute atomic E-state index is 0.196. The summed E-state index contributed by atoms with van der Waals surface area (Å²) in [5.41, 5.74) is 3.11. The molecule has 2 heterocycles. The monoisotopic (exact) mass is 371 g/mol. The zero-order valence-electron chi connectivity index (χ0n) is 15.1. The Kier molecular flexibility index (Phi) is 4.60. The molecule has 0 aliphatic carbocycles. The van der Waals surface area contributed by atoms with Gasteiger partial charge in [0, 0.05) is 23.6 Å². The van der Waals surface area contributed by atoms with Gasteiger partial charge in [-0.05, 0) is 55.5 Å².